The number of aromatic nitrogens is 1. The number of hydrogen-bond acceptors (Lipinski definition) is 4. The van der Waals surface area contributed by atoms with Crippen LogP contribution in [0.5, 0.6) is 0 Å². The molecule has 0 aliphatic carbocycles. The normalized spacial score (nSPS) is 11.2. The molecule has 164 valence electrons. The molecule has 0 saturated heterocycles. The summed E-state index contributed by atoms with van der Waals surface area (Å²) in [6, 6.07) is 15.0. The minimum Gasteiger partial charge on any atom is -0.374 e. The number of nitrogens with one attached hydrogen (secondary N) is 1. The summed E-state index contributed by atoms with van der Waals surface area (Å²) in [7, 11) is 4.10. The third kappa shape index (κ3) is 5.70. The maximum Gasteiger partial charge on any atom is 0.269 e. The zero-order valence-electron chi connectivity index (χ0n) is 19.1. The second kappa shape index (κ2) is 10.1. The zero-order chi connectivity index (χ0) is 22.5. The molecule has 0 saturated carbocycles. The summed E-state index contributed by atoms with van der Waals surface area (Å²) < 4.78 is 3.53. The maximum absolute atomic E-state index is 12.1. The monoisotopic (exact) mass is 438 g/mol. The molecular weight excluding hydrogens is 406 g/mol. The Labute approximate surface area is 188 Å². The van der Waals surface area contributed by atoms with Gasteiger partial charge in [0, 0.05) is 50.7 Å². The number of anilines is 1. The third-order valence-electron chi connectivity index (χ3n) is 5.55. The molecule has 0 bridgehead atoms. The van der Waals surface area contributed by atoms with Crippen molar-refractivity contribution in [2.75, 3.05) is 25.0 Å². The topological polar surface area (TPSA) is 53.3 Å². The molecule has 3 rings (SSSR count). The predicted molar refractivity (Wildman–Crippen MR) is 129 cm³/mol. The number of carbonyl (C=O) groups excluding carboxylic acids is 2. The molecule has 2 aromatic carbocycles. The largest absolute Gasteiger partial charge is 0.374 e. The van der Waals surface area contributed by atoms with Crippen LogP contribution in [0.1, 0.15) is 32.3 Å². The number of benzene rings is 2. The second-order valence-corrected chi connectivity index (χ2v) is 9.41. The number of nitrogens with zero attached hydrogens (tertiary/aromatic N) is 2. The van der Waals surface area contributed by atoms with E-state index in [4.69, 9.17) is 0 Å². The van der Waals surface area contributed by atoms with Crippen LogP contribution < -0.4 is 14.8 Å². The number of aryl methyl sites for hydroxylation is 2. The summed E-state index contributed by atoms with van der Waals surface area (Å²) in [6.45, 7) is 6.92. The summed E-state index contributed by atoms with van der Waals surface area (Å²) in [4.78, 5) is 25.8. The number of Topliss-reactive ketones (excluding diaryl/α,β-unsaturated/α-hetero) is 1. The highest BCUT2D eigenvalue weighted by Gasteiger charge is 2.19. The van der Waals surface area contributed by atoms with Gasteiger partial charge in [0.05, 0.1) is 5.56 Å². The van der Waals surface area contributed by atoms with Gasteiger partial charge in [-0.1, -0.05) is 31.3 Å². The highest BCUT2D eigenvalue weighted by atomic mass is 32.1. The molecule has 0 aliphatic heterocycles. The lowest BCUT2D eigenvalue weighted by molar-refractivity contribution is -0.629. The number of thiazole rings is 1. The van der Waals surface area contributed by atoms with Crippen molar-refractivity contribution >= 4 is 38.9 Å². The fourth-order valence-electron chi connectivity index (χ4n) is 3.47. The Morgan fingerprint density at radius 2 is 1.81 bits per heavy atom. The van der Waals surface area contributed by atoms with Gasteiger partial charge < -0.3 is 10.2 Å². The van der Waals surface area contributed by atoms with Crippen molar-refractivity contribution in [1.29, 1.82) is 0 Å². The van der Waals surface area contributed by atoms with E-state index in [0.29, 0.717) is 25.9 Å². The lowest BCUT2D eigenvalue weighted by Gasteiger charge is -2.19. The van der Waals surface area contributed by atoms with Crippen LogP contribution in [0.2, 0.25) is 0 Å². The molecule has 1 N–H and O–H groups in total. The van der Waals surface area contributed by atoms with Crippen molar-refractivity contribution in [3.05, 3.63) is 48.0 Å². The van der Waals surface area contributed by atoms with Gasteiger partial charge in [-0.2, -0.15) is 4.57 Å². The van der Waals surface area contributed by atoms with E-state index < -0.39 is 0 Å². The molecule has 0 radical (unpaired) electrons. The van der Waals surface area contributed by atoms with E-state index in [1.807, 2.05) is 20.9 Å². The van der Waals surface area contributed by atoms with Crippen molar-refractivity contribution in [3.8, 4) is 10.6 Å². The van der Waals surface area contributed by atoms with Gasteiger partial charge >= 0.3 is 0 Å². The summed E-state index contributed by atoms with van der Waals surface area (Å²) in [5.41, 5.74) is 4.78. The number of rotatable bonds is 9. The Balaban J connectivity index is 1.57. The number of fused-ring (bicyclic) bond motifs is 1. The van der Waals surface area contributed by atoms with Crippen molar-refractivity contribution < 1.29 is 14.2 Å². The van der Waals surface area contributed by atoms with Crippen LogP contribution in [0.3, 0.4) is 0 Å². The highest BCUT2D eigenvalue weighted by molar-refractivity contribution is 7.21. The second-order valence-electron chi connectivity index (χ2n) is 8.38. The fourth-order valence-corrected chi connectivity index (χ4v) is 4.73. The number of ketones is 1. The Morgan fingerprint density at radius 3 is 2.48 bits per heavy atom. The lowest BCUT2D eigenvalue weighted by Crippen LogP contribution is -2.30. The lowest BCUT2D eigenvalue weighted by atomic mass is 10.1. The van der Waals surface area contributed by atoms with Crippen LogP contribution in [0.25, 0.3) is 20.8 Å². The first-order valence-electron chi connectivity index (χ1n) is 10.8. The van der Waals surface area contributed by atoms with Crippen LogP contribution in [0.15, 0.2) is 42.5 Å². The minimum atomic E-state index is -0.0207. The van der Waals surface area contributed by atoms with Crippen molar-refractivity contribution in [2.45, 2.75) is 33.6 Å². The molecule has 0 fully saturated rings. The molecule has 5 nitrogen and oxygen atoms in total. The van der Waals surface area contributed by atoms with E-state index in [0.717, 1.165) is 5.69 Å². The predicted octanol–water partition coefficient (Wildman–Crippen LogP) is 4.26. The SMILES string of the molecule is Cc1ccc2c(c1)sc(-c1ccc(N(C)CCC(=O)NCCC(=O)C(C)C)cc1)[n+]2C. The summed E-state index contributed by atoms with van der Waals surface area (Å²) in [5, 5.41) is 4.07. The van der Waals surface area contributed by atoms with Crippen LogP contribution in [-0.2, 0) is 16.6 Å². The first-order valence-corrected chi connectivity index (χ1v) is 11.6. The van der Waals surface area contributed by atoms with Gasteiger partial charge in [0.2, 0.25) is 11.4 Å². The van der Waals surface area contributed by atoms with Crippen molar-refractivity contribution in [1.82, 2.24) is 5.32 Å². The van der Waals surface area contributed by atoms with Crippen LogP contribution in [-0.4, -0.2) is 31.8 Å². The highest BCUT2D eigenvalue weighted by Crippen LogP contribution is 2.30. The molecule has 1 amide bonds. The average molecular weight is 439 g/mol. The molecule has 3 aromatic rings. The standard InChI is InChI=1S/C25H31N3O2S/c1-17(2)22(29)12-14-26-24(30)13-15-27(4)20-9-7-19(8-10-20)25-28(5)21-11-6-18(3)16-23(21)31-25/h6-11,16-17H,12-15H2,1-5H3/p+1. The quantitative estimate of drug-likeness (QED) is 0.508. The van der Waals surface area contributed by atoms with Gasteiger partial charge in [-0.15, -0.1) is 0 Å². The molecule has 0 atom stereocenters. The van der Waals surface area contributed by atoms with Gasteiger partial charge in [-0.25, -0.2) is 0 Å². The Morgan fingerprint density at radius 1 is 1.10 bits per heavy atom. The maximum atomic E-state index is 12.1. The van der Waals surface area contributed by atoms with Gasteiger partial charge in [0.15, 0.2) is 0 Å². The number of amides is 1. The third-order valence-corrected chi connectivity index (χ3v) is 6.80. The molecule has 0 unspecified atom stereocenters. The van der Waals surface area contributed by atoms with E-state index in [1.54, 1.807) is 11.3 Å². The first kappa shape index (κ1) is 22.9. The van der Waals surface area contributed by atoms with Gasteiger partial charge in [-0.05, 0) is 42.8 Å². The number of carbonyl (C=O) groups is 2. The van der Waals surface area contributed by atoms with Gasteiger partial charge in [0.25, 0.3) is 5.01 Å². The van der Waals surface area contributed by atoms with Crippen molar-refractivity contribution in [2.24, 2.45) is 13.0 Å². The Hall–Kier alpha value is -2.73. The smallest absolute Gasteiger partial charge is 0.269 e. The average Bonchev–Trinajstić information content (AvgIpc) is 3.07. The van der Waals surface area contributed by atoms with Crippen molar-refractivity contribution in [3.63, 3.8) is 0 Å². The van der Waals surface area contributed by atoms with Crippen LogP contribution >= 0.6 is 11.3 Å². The minimum absolute atomic E-state index is 0.0184. The summed E-state index contributed by atoms with van der Waals surface area (Å²) >= 11 is 1.80. The molecule has 0 aliphatic rings. The Kier molecular flexibility index (Phi) is 7.44. The van der Waals surface area contributed by atoms with E-state index in [9.17, 15) is 9.59 Å². The van der Waals surface area contributed by atoms with Gasteiger partial charge in [0.1, 0.15) is 17.5 Å². The van der Waals surface area contributed by atoms with Crippen LogP contribution in [0, 0.1) is 12.8 Å². The molecule has 1 heterocycles. The molecule has 1 aromatic heterocycles. The van der Waals surface area contributed by atoms with Crippen LogP contribution in [0.4, 0.5) is 5.69 Å². The van der Waals surface area contributed by atoms with E-state index in [2.05, 4.69) is 71.2 Å². The number of hydrogen-bond donors (Lipinski definition) is 1. The van der Waals surface area contributed by atoms with E-state index in [1.165, 1.54) is 26.4 Å². The van der Waals surface area contributed by atoms with E-state index in [-0.39, 0.29) is 17.6 Å². The molecule has 0 spiro atoms. The Bertz CT molecular complexity index is 1070. The first-order chi connectivity index (χ1) is 14.8. The van der Waals surface area contributed by atoms with Gasteiger partial charge in [-0.3, -0.25) is 9.59 Å². The summed E-state index contributed by atoms with van der Waals surface area (Å²) in [5.74, 6) is 0.178. The molecule has 31 heavy (non-hydrogen) atoms. The molecule has 6 heteroatoms. The van der Waals surface area contributed by atoms with E-state index >= 15 is 0 Å². The summed E-state index contributed by atoms with van der Waals surface area (Å²) in [6.07, 6.45) is 0.800. The zero-order valence-corrected chi connectivity index (χ0v) is 19.9. The molecular formula is C25H32N3O2S+. The fraction of sp³-hybridized carbons (Fsp3) is 0.400.